The molecule has 0 amide bonds. The molecule has 0 saturated heterocycles. The Balaban J connectivity index is 0.000000406. The van der Waals surface area contributed by atoms with Crippen molar-refractivity contribution in [1.82, 2.24) is 14.8 Å². The molecule has 0 radical (unpaired) electrons. The molecule has 180 valence electrons. The number of aliphatic carboxylic acids is 1. The van der Waals surface area contributed by atoms with Crippen LogP contribution in [0, 0.1) is 0 Å². The van der Waals surface area contributed by atoms with Crippen LogP contribution in [-0.4, -0.2) is 49.6 Å². The fourth-order valence-electron chi connectivity index (χ4n) is 3.53. The van der Waals surface area contributed by atoms with E-state index in [2.05, 4.69) is 15.4 Å². The molecule has 0 unspecified atom stereocenters. The lowest BCUT2D eigenvalue weighted by Crippen LogP contribution is -2.21. The first-order chi connectivity index (χ1) is 16.1. The molecular formula is C22H22F3N5O4. The zero-order chi connectivity index (χ0) is 24.9. The molecule has 0 atom stereocenters. The molecule has 1 aromatic carbocycles. The maximum Gasteiger partial charge on any atom is 0.490 e. The average molecular weight is 477 g/mol. The number of hydrogen-bond donors (Lipinski definition) is 4. The van der Waals surface area contributed by atoms with Crippen LogP contribution in [0.1, 0.15) is 28.0 Å². The number of rotatable bonds is 6. The number of aryl methyl sites for hydroxylation is 2. The van der Waals surface area contributed by atoms with E-state index < -0.39 is 18.1 Å². The minimum atomic E-state index is -5.08. The third-order valence-electron chi connectivity index (χ3n) is 5.09. The maximum absolute atomic E-state index is 11.9. The van der Waals surface area contributed by atoms with Gasteiger partial charge in [-0.3, -0.25) is 9.67 Å². The lowest BCUT2D eigenvalue weighted by Gasteiger charge is -2.14. The molecule has 0 bridgehead atoms. The van der Waals surface area contributed by atoms with Gasteiger partial charge in [-0.25, -0.2) is 9.59 Å². The van der Waals surface area contributed by atoms with E-state index in [4.69, 9.17) is 15.6 Å². The summed E-state index contributed by atoms with van der Waals surface area (Å²) in [5, 5.41) is 24.8. The quantitative estimate of drug-likeness (QED) is 0.312. The van der Waals surface area contributed by atoms with Crippen molar-refractivity contribution in [3.05, 3.63) is 59.5 Å². The zero-order valence-corrected chi connectivity index (χ0v) is 17.8. The predicted molar refractivity (Wildman–Crippen MR) is 117 cm³/mol. The summed E-state index contributed by atoms with van der Waals surface area (Å²) in [5.74, 6) is -3.68. The van der Waals surface area contributed by atoms with Crippen LogP contribution >= 0.6 is 0 Å². The summed E-state index contributed by atoms with van der Waals surface area (Å²) in [4.78, 5) is 24.9. The number of nitrogens with zero attached hydrogens (tertiary/aromatic N) is 3. The minimum Gasteiger partial charge on any atom is -0.477 e. The number of nitrogens with two attached hydrogens (primary N) is 1. The van der Waals surface area contributed by atoms with Crippen molar-refractivity contribution in [3.8, 4) is 11.3 Å². The van der Waals surface area contributed by atoms with Crippen LogP contribution in [-0.2, 0) is 24.2 Å². The summed E-state index contributed by atoms with van der Waals surface area (Å²) >= 11 is 0. The first-order valence-electron chi connectivity index (χ1n) is 10.2. The Morgan fingerprint density at radius 1 is 1.12 bits per heavy atom. The van der Waals surface area contributed by atoms with E-state index in [1.807, 2.05) is 36.5 Å². The van der Waals surface area contributed by atoms with Gasteiger partial charge in [0.25, 0.3) is 0 Å². The van der Waals surface area contributed by atoms with E-state index in [-0.39, 0.29) is 0 Å². The zero-order valence-electron chi connectivity index (χ0n) is 17.8. The molecule has 1 aliphatic carbocycles. The molecule has 9 nitrogen and oxygen atoms in total. The fourth-order valence-corrected chi connectivity index (χ4v) is 3.53. The number of halogens is 3. The number of aromatic carboxylic acids is 1. The Morgan fingerprint density at radius 2 is 1.79 bits per heavy atom. The highest BCUT2D eigenvalue weighted by Crippen LogP contribution is 2.34. The summed E-state index contributed by atoms with van der Waals surface area (Å²) < 4.78 is 33.4. The molecule has 1 aliphatic rings. The number of nitrogens with one attached hydrogen (secondary N) is 1. The van der Waals surface area contributed by atoms with E-state index in [1.165, 1.54) is 0 Å². The number of carboxylic acids is 2. The molecule has 3 aromatic rings. The van der Waals surface area contributed by atoms with Gasteiger partial charge in [-0.05, 0) is 55.2 Å². The van der Waals surface area contributed by atoms with E-state index in [9.17, 15) is 23.1 Å². The van der Waals surface area contributed by atoms with E-state index >= 15 is 0 Å². The second-order valence-electron chi connectivity index (χ2n) is 7.44. The molecule has 0 spiro atoms. The number of aromatic nitrogens is 3. The molecule has 0 fully saturated rings. The molecule has 2 heterocycles. The number of nitrogen functional groups attached to an aromatic ring is 1. The van der Waals surface area contributed by atoms with Crippen LogP contribution in [0.2, 0.25) is 0 Å². The Kier molecular flexibility index (Phi) is 7.39. The Bertz CT molecular complexity index is 1180. The van der Waals surface area contributed by atoms with Crippen molar-refractivity contribution in [3.63, 3.8) is 0 Å². The second kappa shape index (κ2) is 10.2. The number of pyridine rings is 1. The maximum atomic E-state index is 11.9. The second-order valence-corrected chi connectivity index (χ2v) is 7.44. The highest BCUT2D eigenvalue weighted by atomic mass is 19.4. The van der Waals surface area contributed by atoms with Gasteiger partial charge in [0.05, 0.1) is 5.69 Å². The molecular weight excluding hydrogens is 455 g/mol. The largest absolute Gasteiger partial charge is 0.490 e. The Hall–Kier alpha value is -4.09. The van der Waals surface area contributed by atoms with Crippen LogP contribution < -0.4 is 11.1 Å². The van der Waals surface area contributed by atoms with Gasteiger partial charge in [-0.2, -0.15) is 18.3 Å². The average Bonchev–Trinajstić information content (AvgIpc) is 3.17. The van der Waals surface area contributed by atoms with Crippen LogP contribution in [0.4, 0.5) is 24.5 Å². The fraction of sp³-hybridized carbons (Fsp3) is 0.273. The van der Waals surface area contributed by atoms with E-state index in [1.54, 1.807) is 10.9 Å². The van der Waals surface area contributed by atoms with Crippen molar-refractivity contribution in [1.29, 1.82) is 0 Å². The molecule has 0 saturated carbocycles. The van der Waals surface area contributed by atoms with Gasteiger partial charge in [0.2, 0.25) is 0 Å². The normalized spacial score (nSPS) is 12.1. The third-order valence-corrected chi connectivity index (χ3v) is 5.09. The molecule has 34 heavy (non-hydrogen) atoms. The lowest BCUT2D eigenvalue weighted by molar-refractivity contribution is -0.192. The van der Waals surface area contributed by atoms with Crippen molar-refractivity contribution < 1.29 is 33.0 Å². The number of benzene rings is 1. The first-order valence-corrected chi connectivity index (χ1v) is 10.2. The summed E-state index contributed by atoms with van der Waals surface area (Å²) in [5.41, 5.74) is 11.4. The number of carbonyl (C=O) groups is 2. The Labute approximate surface area is 192 Å². The van der Waals surface area contributed by atoms with Gasteiger partial charge in [0.1, 0.15) is 5.69 Å². The number of alkyl halides is 3. The van der Waals surface area contributed by atoms with E-state index in [0.29, 0.717) is 25.2 Å². The smallest absolute Gasteiger partial charge is 0.477 e. The van der Waals surface area contributed by atoms with E-state index in [0.717, 1.165) is 46.6 Å². The molecule has 5 N–H and O–H groups in total. The topological polar surface area (TPSA) is 143 Å². The third kappa shape index (κ3) is 5.82. The summed E-state index contributed by atoms with van der Waals surface area (Å²) in [6.45, 7) is 1.25. The van der Waals surface area contributed by atoms with Crippen molar-refractivity contribution in [2.24, 2.45) is 0 Å². The summed E-state index contributed by atoms with van der Waals surface area (Å²) in [6, 6.07) is 9.46. The lowest BCUT2D eigenvalue weighted by atomic mass is 9.90. The van der Waals surface area contributed by atoms with Gasteiger partial charge in [-0.1, -0.05) is 0 Å². The minimum absolute atomic E-state index is 0.306. The van der Waals surface area contributed by atoms with Gasteiger partial charge < -0.3 is 21.3 Å². The molecule has 4 rings (SSSR count). The van der Waals surface area contributed by atoms with Crippen molar-refractivity contribution in [2.45, 2.75) is 32.0 Å². The van der Waals surface area contributed by atoms with Crippen LogP contribution in [0.15, 0.2) is 42.7 Å². The van der Waals surface area contributed by atoms with Gasteiger partial charge in [0.15, 0.2) is 0 Å². The SMILES string of the molecule is Nc1ccc(NCCCn2nc3c(c2C(=O)O)CCc2cnccc2-3)cc1.O=C(O)C(F)(F)F. The van der Waals surface area contributed by atoms with Crippen LogP contribution in [0.5, 0.6) is 0 Å². The number of carboxylic acid groups (broad SMARTS) is 2. The predicted octanol–water partition coefficient (Wildman–Crippen LogP) is 3.46. The van der Waals surface area contributed by atoms with Crippen molar-refractivity contribution >= 4 is 23.3 Å². The highest BCUT2D eigenvalue weighted by Gasteiger charge is 2.38. The number of anilines is 2. The molecule has 0 aliphatic heterocycles. The number of hydrogen-bond acceptors (Lipinski definition) is 6. The van der Waals surface area contributed by atoms with Gasteiger partial charge in [0, 0.05) is 48.0 Å². The first kappa shape index (κ1) is 24.6. The van der Waals surface area contributed by atoms with Gasteiger partial charge in [-0.15, -0.1) is 0 Å². The summed E-state index contributed by atoms with van der Waals surface area (Å²) in [7, 11) is 0. The van der Waals surface area contributed by atoms with Crippen LogP contribution in [0.25, 0.3) is 11.3 Å². The standard InChI is InChI=1S/C20H21N5O2.C2HF3O2/c21-14-3-5-15(6-4-14)23-9-1-11-25-19(20(26)27)17-7-2-13-12-22-10-8-16(13)18(17)24-25;3-2(4,5)1(6)7/h3-6,8,10,12,23H,1-2,7,9,11,21H2,(H,26,27);(H,6,7). The van der Waals surface area contributed by atoms with Crippen molar-refractivity contribution in [2.75, 3.05) is 17.6 Å². The summed E-state index contributed by atoms with van der Waals surface area (Å²) in [6.07, 6.45) is 0.715. The molecule has 12 heteroatoms. The highest BCUT2D eigenvalue weighted by molar-refractivity contribution is 5.90. The van der Waals surface area contributed by atoms with Gasteiger partial charge >= 0.3 is 18.1 Å². The van der Waals surface area contributed by atoms with Crippen LogP contribution in [0.3, 0.4) is 0 Å². The monoisotopic (exact) mass is 477 g/mol. The number of fused-ring (bicyclic) bond motifs is 3. The Morgan fingerprint density at radius 3 is 2.41 bits per heavy atom. The molecule has 2 aromatic heterocycles.